The SMILES string of the molecule is CC1(O)CN(C(=O)CCn2ccnc2)C1. The molecule has 1 aromatic rings. The first-order valence-electron chi connectivity index (χ1n) is 5.03. The molecular formula is C10H15N3O2. The summed E-state index contributed by atoms with van der Waals surface area (Å²) < 4.78 is 1.87. The van der Waals surface area contributed by atoms with Gasteiger partial charge in [-0.3, -0.25) is 4.79 Å². The van der Waals surface area contributed by atoms with Crippen molar-refractivity contribution in [2.45, 2.75) is 25.5 Å². The lowest BCUT2D eigenvalue weighted by atomic mass is 9.96. The van der Waals surface area contributed by atoms with Crippen LogP contribution >= 0.6 is 0 Å². The molecule has 2 rings (SSSR count). The van der Waals surface area contributed by atoms with Crippen molar-refractivity contribution in [2.75, 3.05) is 13.1 Å². The second kappa shape index (κ2) is 3.66. The van der Waals surface area contributed by atoms with Gasteiger partial charge in [-0.25, -0.2) is 4.98 Å². The number of carbonyl (C=O) groups is 1. The van der Waals surface area contributed by atoms with Crippen LogP contribution in [0, 0.1) is 0 Å². The molecule has 82 valence electrons. The maximum atomic E-state index is 11.6. The Labute approximate surface area is 88.3 Å². The second-order valence-electron chi connectivity index (χ2n) is 4.30. The smallest absolute Gasteiger partial charge is 0.224 e. The van der Waals surface area contributed by atoms with Gasteiger partial charge in [0.15, 0.2) is 0 Å². The van der Waals surface area contributed by atoms with Gasteiger partial charge in [0.05, 0.1) is 25.0 Å². The van der Waals surface area contributed by atoms with E-state index in [2.05, 4.69) is 4.98 Å². The van der Waals surface area contributed by atoms with Crippen LogP contribution in [-0.2, 0) is 11.3 Å². The number of aromatic nitrogens is 2. The third kappa shape index (κ3) is 2.36. The third-order valence-corrected chi connectivity index (χ3v) is 2.56. The summed E-state index contributed by atoms with van der Waals surface area (Å²) in [4.78, 5) is 17.2. The first-order valence-corrected chi connectivity index (χ1v) is 5.03. The Hall–Kier alpha value is -1.36. The van der Waals surface area contributed by atoms with E-state index in [0.29, 0.717) is 26.1 Å². The van der Waals surface area contributed by atoms with Crippen molar-refractivity contribution in [1.82, 2.24) is 14.5 Å². The minimum absolute atomic E-state index is 0.0928. The van der Waals surface area contributed by atoms with Gasteiger partial charge >= 0.3 is 0 Å². The lowest BCUT2D eigenvalue weighted by molar-refractivity contribution is -0.152. The number of aliphatic hydroxyl groups is 1. The summed E-state index contributed by atoms with van der Waals surface area (Å²) in [5.74, 6) is 0.0928. The number of likely N-dealkylation sites (tertiary alicyclic amines) is 1. The predicted molar refractivity (Wildman–Crippen MR) is 54.0 cm³/mol. The number of rotatable bonds is 3. The van der Waals surface area contributed by atoms with E-state index in [-0.39, 0.29) is 5.91 Å². The molecular weight excluding hydrogens is 194 g/mol. The lowest BCUT2D eigenvalue weighted by Crippen LogP contribution is -2.61. The first-order chi connectivity index (χ1) is 7.07. The highest BCUT2D eigenvalue weighted by Gasteiger charge is 2.38. The largest absolute Gasteiger partial charge is 0.386 e. The highest BCUT2D eigenvalue weighted by atomic mass is 16.3. The topological polar surface area (TPSA) is 58.4 Å². The summed E-state index contributed by atoms with van der Waals surface area (Å²) in [6.07, 6.45) is 5.68. The Bertz CT molecular complexity index is 338. The quantitative estimate of drug-likeness (QED) is 0.754. The van der Waals surface area contributed by atoms with Gasteiger partial charge in [0.25, 0.3) is 0 Å². The van der Waals surface area contributed by atoms with Crippen molar-refractivity contribution in [3.05, 3.63) is 18.7 Å². The Kier molecular flexibility index (Phi) is 2.48. The van der Waals surface area contributed by atoms with Crippen LogP contribution in [0.4, 0.5) is 0 Å². The molecule has 0 saturated carbocycles. The zero-order valence-corrected chi connectivity index (χ0v) is 8.76. The molecule has 1 aromatic heterocycles. The summed E-state index contributed by atoms with van der Waals surface area (Å²) in [5, 5.41) is 9.48. The van der Waals surface area contributed by atoms with Gasteiger partial charge in [0.2, 0.25) is 5.91 Å². The number of imidazole rings is 1. The first kappa shape index (κ1) is 10.2. The molecule has 0 radical (unpaired) electrons. The molecule has 0 bridgehead atoms. The van der Waals surface area contributed by atoms with Crippen LogP contribution in [-0.4, -0.2) is 44.2 Å². The number of nitrogens with zero attached hydrogens (tertiary/aromatic N) is 3. The van der Waals surface area contributed by atoms with E-state index in [1.54, 1.807) is 24.3 Å². The maximum Gasteiger partial charge on any atom is 0.224 e. The van der Waals surface area contributed by atoms with Crippen LogP contribution in [0.2, 0.25) is 0 Å². The Morgan fingerprint density at radius 3 is 2.87 bits per heavy atom. The summed E-state index contributed by atoms with van der Waals surface area (Å²) in [6.45, 7) is 3.30. The maximum absolute atomic E-state index is 11.6. The minimum Gasteiger partial charge on any atom is -0.386 e. The van der Waals surface area contributed by atoms with E-state index in [4.69, 9.17) is 0 Å². The van der Waals surface area contributed by atoms with E-state index in [1.165, 1.54) is 0 Å². The summed E-state index contributed by atoms with van der Waals surface area (Å²) in [6, 6.07) is 0. The van der Waals surface area contributed by atoms with Crippen LogP contribution in [0.3, 0.4) is 0 Å². The second-order valence-corrected chi connectivity index (χ2v) is 4.30. The van der Waals surface area contributed by atoms with Crippen LogP contribution in [0.25, 0.3) is 0 Å². The molecule has 5 heteroatoms. The van der Waals surface area contributed by atoms with E-state index >= 15 is 0 Å². The number of β-amino-alcohol motifs (C(OH)–C–C–N with tert-alkyl or cyclic N) is 1. The molecule has 0 aliphatic carbocycles. The minimum atomic E-state index is -0.676. The molecule has 1 aliphatic rings. The van der Waals surface area contributed by atoms with Gasteiger partial charge in [-0.05, 0) is 6.92 Å². The summed E-state index contributed by atoms with van der Waals surface area (Å²) in [5.41, 5.74) is -0.676. The number of amides is 1. The average Bonchev–Trinajstić information content (AvgIpc) is 2.62. The monoisotopic (exact) mass is 209 g/mol. The summed E-state index contributed by atoms with van der Waals surface area (Å²) in [7, 11) is 0. The Morgan fingerprint density at radius 2 is 2.33 bits per heavy atom. The number of hydrogen-bond donors (Lipinski definition) is 1. The van der Waals surface area contributed by atoms with Gasteiger partial charge in [-0.2, -0.15) is 0 Å². The van der Waals surface area contributed by atoms with Crippen molar-refractivity contribution >= 4 is 5.91 Å². The number of carbonyl (C=O) groups excluding carboxylic acids is 1. The fourth-order valence-electron chi connectivity index (χ4n) is 1.75. The van der Waals surface area contributed by atoms with Crippen molar-refractivity contribution in [1.29, 1.82) is 0 Å². The zero-order valence-electron chi connectivity index (χ0n) is 8.76. The lowest BCUT2D eigenvalue weighted by Gasteiger charge is -2.44. The zero-order chi connectivity index (χ0) is 10.9. The van der Waals surface area contributed by atoms with Gasteiger partial charge in [0.1, 0.15) is 0 Å². The Morgan fingerprint density at radius 1 is 1.60 bits per heavy atom. The van der Waals surface area contributed by atoms with Crippen LogP contribution < -0.4 is 0 Å². The van der Waals surface area contributed by atoms with Crippen molar-refractivity contribution in [3.8, 4) is 0 Å². The molecule has 15 heavy (non-hydrogen) atoms. The highest BCUT2D eigenvalue weighted by Crippen LogP contribution is 2.20. The third-order valence-electron chi connectivity index (χ3n) is 2.56. The molecule has 1 saturated heterocycles. The summed E-state index contributed by atoms with van der Waals surface area (Å²) >= 11 is 0. The predicted octanol–water partition coefficient (Wildman–Crippen LogP) is -0.134. The Balaban J connectivity index is 1.75. The molecule has 0 aromatic carbocycles. The highest BCUT2D eigenvalue weighted by molar-refractivity contribution is 5.77. The standard InChI is InChI=1S/C10H15N3O2/c1-10(15)6-13(7-10)9(14)2-4-12-5-3-11-8-12/h3,5,8,15H,2,4,6-7H2,1H3. The molecule has 0 atom stereocenters. The van der Waals surface area contributed by atoms with Crippen molar-refractivity contribution in [2.24, 2.45) is 0 Å². The van der Waals surface area contributed by atoms with E-state index < -0.39 is 5.60 Å². The molecule has 2 heterocycles. The van der Waals surface area contributed by atoms with Gasteiger partial charge in [0, 0.05) is 25.4 Å². The average molecular weight is 209 g/mol. The molecule has 1 N–H and O–H groups in total. The van der Waals surface area contributed by atoms with E-state index in [9.17, 15) is 9.90 Å². The van der Waals surface area contributed by atoms with Gasteiger partial charge < -0.3 is 14.6 Å². The molecule has 0 spiro atoms. The normalized spacial score (nSPS) is 18.7. The molecule has 1 aliphatic heterocycles. The molecule has 1 fully saturated rings. The molecule has 5 nitrogen and oxygen atoms in total. The van der Waals surface area contributed by atoms with Gasteiger partial charge in [-0.1, -0.05) is 0 Å². The van der Waals surface area contributed by atoms with Gasteiger partial charge in [-0.15, -0.1) is 0 Å². The molecule has 0 unspecified atom stereocenters. The van der Waals surface area contributed by atoms with Crippen LogP contribution in [0.1, 0.15) is 13.3 Å². The van der Waals surface area contributed by atoms with Crippen LogP contribution in [0.15, 0.2) is 18.7 Å². The van der Waals surface area contributed by atoms with E-state index in [1.807, 2.05) is 10.8 Å². The van der Waals surface area contributed by atoms with Crippen molar-refractivity contribution < 1.29 is 9.90 Å². The molecule has 1 amide bonds. The van der Waals surface area contributed by atoms with Crippen LogP contribution in [0.5, 0.6) is 0 Å². The number of hydrogen-bond acceptors (Lipinski definition) is 3. The fourth-order valence-corrected chi connectivity index (χ4v) is 1.75. The van der Waals surface area contributed by atoms with E-state index in [0.717, 1.165) is 0 Å². The van der Waals surface area contributed by atoms with Crippen molar-refractivity contribution in [3.63, 3.8) is 0 Å². The fraction of sp³-hybridized carbons (Fsp3) is 0.600. The number of aryl methyl sites for hydroxylation is 1.